The molecule has 18 heavy (non-hydrogen) atoms. The molecule has 0 aromatic carbocycles. The highest BCUT2D eigenvalue weighted by Crippen LogP contribution is 2.38. The quantitative estimate of drug-likeness (QED) is 0.835. The maximum absolute atomic E-state index is 12.8. The minimum absolute atomic E-state index is 0.284. The van der Waals surface area contributed by atoms with Gasteiger partial charge < -0.3 is 5.73 Å². The van der Waals surface area contributed by atoms with Crippen molar-refractivity contribution in [2.45, 2.75) is 58.8 Å². The number of ketones is 1. The Morgan fingerprint density at radius 2 is 1.67 bits per heavy atom. The van der Waals surface area contributed by atoms with Crippen LogP contribution in [0.2, 0.25) is 0 Å². The SMILES string of the molecule is CC1CC(C)CC(C(=O)C2CCCCC2CN)C1. The van der Waals surface area contributed by atoms with Crippen LogP contribution in [0.5, 0.6) is 0 Å². The van der Waals surface area contributed by atoms with E-state index >= 15 is 0 Å². The standard InChI is InChI=1S/C16H29NO/c1-11-7-12(2)9-14(8-11)16(18)15-6-4-3-5-13(15)10-17/h11-15H,3-10,17H2,1-2H3. The Hall–Kier alpha value is -0.370. The Morgan fingerprint density at radius 3 is 2.28 bits per heavy atom. The summed E-state index contributed by atoms with van der Waals surface area (Å²) in [7, 11) is 0. The van der Waals surface area contributed by atoms with E-state index in [0.29, 0.717) is 24.2 Å². The van der Waals surface area contributed by atoms with Crippen LogP contribution in [0.25, 0.3) is 0 Å². The second-order valence-corrected chi connectivity index (χ2v) is 6.90. The monoisotopic (exact) mass is 251 g/mol. The van der Waals surface area contributed by atoms with Crippen LogP contribution in [0.1, 0.15) is 58.8 Å². The maximum Gasteiger partial charge on any atom is 0.139 e. The molecule has 2 heteroatoms. The van der Waals surface area contributed by atoms with Gasteiger partial charge in [0, 0.05) is 11.8 Å². The Kier molecular flexibility index (Phi) is 4.83. The molecule has 0 aromatic heterocycles. The predicted molar refractivity (Wildman–Crippen MR) is 75.2 cm³/mol. The van der Waals surface area contributed by atoms with Crippen molar-refractivity contribution in [3.8, 4) is 0 Å². The van der Waals surface area contributed by atoms with Crippen molar-refractivity contribution >= 4 is 5.78 Å². The number of hydrogen-bond donors (Lipinski definition) is 1. The van der Waals surface area contributed by atoms with E-state index in [0.717, 1.165) is 31.1 Å². The second kappa shape index (κ2) is 6.18. The summed E-state index contributed by atoms with van der Waals surface area (Å²) in [5.74, 6) is 3.10. The Labute approximate surface area is 112 Å². The predicted octanol–water partition coefficient (Wildman–Crippen LogP) is 3.39. The van der Waals surface area contributed by atoms with E-state index in [2.05, 4.69) is 13.8 Å². The molecule has 4 unspecified atom stereocenters. The zero-order valence-electron chi connectivity index (χ0n) is 12.0. The van der Waals surface area contributed by atoms with Crippen LogP contribution in [0.4, 0.5) is 0 Å². The van der Waals surface area contributed by atoms with Crippen molar-refractivity contribution < 1.29 is 4.79 Å². The molecule has 104 valence electrons. The first kappa shape index (κ1) is 14.0. The average molecular weight is 251 g/mol. The molecule has 0 heterocycles. The summed E-state index contributed by atoms with van der Waals surface area (Å²) in [6, 6.07) is 0. The van der Waals surface area contributed by atoms with Crippen molar-refractivity contribution in [1.82, 2.24) is 0 Å². The molecule has 0 amide bonds. The van der Waals surface area contributed by atoms with Crippen LogP contribution in [0.15, 0.2) is 0 Å². The minimum Gasteiger partial charge on any atom is -0.330 e. The molecule has 2 saturated carbocycles. The lowest BCUT2D eigenvalue weighted by Gasteiger charge is -2.36. The van der Waals surface area contributed by atoms with Gasteiger partial charge in [-0.2, -0.15) is 0 Å². The lowest BCUT2D eigenvalue weighted by atomic mass is 9.68. The van der Waals surface area contributed by atoms with Gasteiger partial charge in [-0.25, -0.2) is 0 Å². The first-order valence-corrected chi connectivity index (χ1v) is 7.85. The number of hydrogen-bond acceptors (Lipinski definition) is 2. The van der Waals surface area contributed by atoms with Gasteiger partial charge in [0.1, 0.15) is 5.78 Å². The second-order valence-electron chi connectivity index (χ2n) is 6.90. The highest BCUT2D eigenvalue weighted by molar-refractivity contribution is 5.84. The van der Waals surface area contributed by atoms with Crippen molar-refractivity contribution in [1.29, 1.82) is 0 Å². The summed E-state index contributed by atoms with van der Waals surface area (Å²) in [6.07, 6.45) is 8.31. The van der Waals surface area contributed by atoms with Crippen molar-refractivity contribution in [2.24, 2.45) is 35.3 Å². The molecule has 0 bridgehead atoms. The van der Waals surface area contributed by atoms with Crippen LogP contribution < -0.4 is 5.73 Å². The fourth-order valence-electron chi connectivity index (χ4n) is 4.35. The first-order valence-electron chi connectivity index (χ1n) is 7.85. The molecule has 0 saturated heterocycles. The molecule has 0 spiro atoms. The van der Waals surface area contributed by atoms with Gasteiger partial charge in [-0.15, -0.1) is 0 Å². The van der Waals surface area contributed by atoms with E-state index in [9.17, 15) is 4.79 Å². The van der Waals surface area contributed by atoms with Crippen LogP contribution in [0, 0.1) is 29.6 Å². The molecule has 2 nitrogen and oxygen atoms in total. The molecular weight excluding hydrogens is 222 g/mol. The molecule has 2 rings (SSSR count). The van der Waals surface area contributed by atoms with E-state index in [4.69, 9.17) is 5.73 Å². The lowest BCUT2D eigenvalue weighted by molar-refractivity contribution is -0.131. The molecule has 0 aliphatic heterocycles. The van der Waals surface area contributed by atoms with E-state index in [1.807, 2.05) is 0 Å². The van der Waals surface area contributed by atoms with Gasteiger partial charge in [0.15, 0.2) is 0 Å². The molecular formula is C16H29NO. The Bertz CT molecular complexity index is 279. The number of nitrogens with two attached hydrogens (primary N) is 1. The van der Waals surface area contributed by atoms with E-state index in [-0.39, 0.29) is 5.92 Å². The highest BCUT2D eigenvalue weighted by atomic mass is 16.1. The topological polar surface area (TPSA) is 43.1 Å². The smallest absolute Gasteiger partial charge is 0.139 e. The lowest BCUT2D eigenvalue weighted by Crippen LogP contribution is -2.38. The summed E-state index contributed by atoms with van der Waals surface area (Å²) in [5, 5.41) is 0. The summed E-state index contributed by atoms with van der Waals surface area (Å²) < 4.78 is 0. The summed E-state index contributed by atoms with van der Waals surface area (Å²) in [6.45, 7) is 5.31. The van der Waals surface area contributed by atoms with E-state index in [1.54, 1.807) is 0 Å². The van der Waals surface area contributed by atoms with Crippen LogP contribution in [-0.4, -0.2) is 12.3 Å². The number of Topliss-reactive ketones (excluding diaryl/α,β-unsaturated/α-hetero) is 1. The molecule has 2 aliphatic carbocycles. The minimum atomic E-state index is 0.284. The Morgan fingerprint density at radius 1 is 1.06 bits per heavy atom. The highest BCUT2D eigenvalue weighted by Gasteiger charge is 2.36. The van der Waals surface area contributed by atoms with E-state index in [1.165, 1.54) is 25.7 Å². The van der Waals surface area contributed by atoms with Crippen molar-refractivity contribution in [2.75, 3.05) is 6.54 Å². The normalized spacial score (nSPS) is 41.6. The Balaban J connectivity index is 2.00. The average Bonchev–Trinajstić information content (AvgIpc) is 2.36. The molecule has 2 N–H and O–H groups in total. The zero-order valence-corrected chi connectivity index (χ0v) is 12.0. The summed E-state index contributed by atoms with van der Waals surface area (Å²) in [5.41, 5.74) is 5.86. The van der Waals surface area contributed by atoms with Crippen LogP contribution in [0.3, 0.4) is 0 Å². The fourth-order valence-corrected chi connectivity index (χ4v) is 4.35. The number of rotatable bonds is 3. The van der Waals surface area contributed by atoms with E-state index < -0.39 is 0 Å². The molecule has 0 radical (unpaired) electrons. The van der Waals surface area contributed by atoms with Gasteiger partial charge in [-0.05, 0) is 56.4 Å². The third kappa shape index (κ3) is 3.14. The van der Waals surface area contributed by atoms with Gasteiger partial charge in [0.2, 0.25) is 0 Å². The fraction of sp³-hybridized carbons (Fsp3) is 0.938. The molecule has 4 atom stereocenters. The van der Waals surface area contributed by atoms with Gasteiger partial charge in [0.05, 0.1) is 0 Å². The molecule has 2 fully saturated rings. The largest absolute Gasteiger partial charge is 0.330 e. The van der Waals surface area contributed by atoms with Crippen LogP contribution >= 0.6 is 0 Å². The summed E-state index contributed by atoms with van der Waals surface area (Å²) >= 11 is 0. The zero-order chi connectivity index (χ0) is 13.1. The number of carbonyl (C=O) groups excluding carboxylic acids is 1. The van der Waals surface area contributed by atoms with Crippen molar-refractivity contribution in [3.63, 3.8) is 0 Å². The van der Waals surface area contributed by atoms with Gasteiger partial charge >= 0.3 is 0 Å². The van der Waals surface area contributed by atoms with Gasteiger partial charge in [0.25, 0.3) is 0 Å². The van der Waals surface area contributed by atoms with Crippen molar-refractivity contribution in [3.05, 3.63) is 0 Å². The summed E-state index contributed by atoms with van der Waals surface area (Å²) in [4.78, 5) is 12.8. The van der Waals surface area contributed by atoms with Gasteiger partial charge in [-0.1, -0.05) is 26.7 Å². The third-order valence-corrected chi connectivity index (χ3v) is 5.16. The first-order chi connectivity index (χ1) is 8.61. The maximum atomic E-state index is 12.8. The van der Waals surface area contributed by atoms with Gasteiger partial charge in [-0.3, -0.25) is 4.79 Å². The third-order valence-electron chi connectivity index (χ3n) is 5.16. The van der Waals surface area contributed by atoms with Crippen LogP contribution in [-0.2, 0) is 4.79 Å². The number of carbonyl (C=O) groups is 1. The molecule has 2 aliphatic rings. The molecule has 0 aromatic rings.